The number of unbranched alkanes of at least 4 members (excludes halogenated alkanes) is 2. The Labute approximate surface area is 143 Å². The van der Waals surface area contributed by atoms with E-state index in [1.54, 1.807) is 24.5 Å². The van der Waals surface area contributed by atoms with E-state index in [2.05, 4.69) is 25.3 Å². The van der Waals surface area contributed by atoms with E-state index in [1.165, 1.54) is 0 Å². The summed E-state index contributed by atoms with van der Waals surface area (Å²) >= 11 is 0. The van der Waals surface area contributed by atoms with Gasteiger partial charge in [0.25, 0.3) is 0 Å². The zero-order chi connectivity index (χ0) is 17.2. The van der Waals surface area contributed by atoms with E-state index in [1.807, 2.05) is 24.3 Å². The highest BCUT2D eigenvalue weighted by Gasteiger charge is 2.17. The molecule has 124 valence electrons. The Balaban J connectivity index is 2.07. The third-order valence-corrected chi connectivity index (χ3v) is 3.53. The van der Waals surface area contributed by atoms with Crippen LogP contribution in [0.5, 0.6) is 0 Å². The summed E-state index contributed by atoms with van der Waals surface area (Å²) in [6.07, 6.45) is 6.21. The van der Waals surface area contributed by atoms with Crippen LogP contribution in [0.3, 0.4) is 0 Å². The van der Waals surface area contributed by atoms with Crippen molar-refractivity contribution in [2.75, 3.05) is 0 Å². The molecule has 0 radical (unpaired) electrons. The molecule has 3 nitrogen and oxygen atoms in total. The summed E-state index contributed by atoms with van der Waals surface area (Å²) < 4.78 is 10.8. The first-order valence-electron chi connectivity index (χ1n) is 8.18. The molecule has 3 heteroatoms. The lowest BCUT2D eigenvalue weighted by Crippen LogP contribution is -2.19. The number of ether oxygens (including phenoxy) is 1. The molecule has 1 unspecified atom stereocenters. The maximum Gasteiger partial charge on any atom is 0.340 e. The third kappa shape index (κ3) is 5.17. The number of hydrogen-bond donors (Lipinski definition) is 0. The number of benzene rings is 1. The summed E-state index contributed by atoms with van der Waals surface area (Å²) in [6, 6.07) is 10.9. The monoisotopic (exact) mass is 322 g/mol. The topological polar surface area (TPSA) is 39.4 Å². The maximum absolute atomic E-state index is 12.5. The molecule has 0 saturated carbocycles. The van der Waals surface area contributed by atoms with Crippen LogP contribution in [0.2, 0.25) is 0 Å². The lowest BCUT2D eigenvalue weighted by atomic mass is 10.1. The van der Waals surface area contributed by atoms with E-state index in [0.29, 0.717) is 17.5 Å². The van der Waals surface area contributed by atoms with Gasteiger partial charge in [-0.1, -0.05) is 50.0 Å². The average Bonchev–Trinajstić information content (AvgIpc) is 3.11. The van der Waals surface area contributed by atoms with E-state index in [9.17, 15) is 4.79 Å². The molecule has 0 aliphatic carbocycles. The van der Waals surface area contributed by atoms with Gasteiger partial charge in [0, 0.05) is 18.4 Å². The molecule has 0 aliphatic heterocycles. The minimum Gasteiger partial charge on any atom is -0.469 e. The standard InChI is InChI=1S/C21H22O3/c1-3-5-6-7-11-17-12-8-9-14-20(17)21(22)24-18(4-2)16-19-13-10-15-23-19/h4,8-10,12-15,18H,2-3,5-6,16H2,1H3. The summed E-state index contributed by atoms with van der Waals surface area (Å²) in [6.45, 7) is 5.86. The van der Waals surface area contributed by atoms with E-state index < -0.39 is 12.1 Å². The molecule has 24 heavy (non-hydrogen) atoms. The molecule has 2 aromatic rings. The van der Waals surface area contributed by atoms with Crippen LogP contribution in [0.15, 0.2) is 59.7 Å². The van der Waals surface area contributed by atoms with Crippen LogP contribution in [-0.4, -0.2) is 12.1 Å². The molecular weight excluding hydrogens is 300 g/mol. The van der Waals surface area contributed by atoms with Crippen molar-refractivity contribution < 1.29 is 13.9 Å². The molecule has 0 saturated heterocycles. The summed E-state index contributed by atoms with van der Waals surface area (Å²) in [4.78, 5) is 12.5. The lowest BCUT2D eigenvalue weighted by Gasteiger charge is -2.13. The van der Waals surface area contributed by atoms with Crippen molar-refractivity contribution in [2.45, 2.75) is 38.7 Å². The summed E-state index contributed by atoms with van der Waals surface area (Å²) in [5, 5.41) is 0. The van der Waals surface area contributed by atoms with Crippen molar-refractivity contribution in [1.82, 2.24) is 0 Å². The Kier molecular flexibility index (Phi) is 6.91. The van der Waals surface area contributed by atoms with Gasteiger partial charge in [-0.2, -0.15) is 0 Å². The van der Waals surface area contributed by atoms with E-state index in [4.69, 9.17) is 9.15 Å². The third-order valence-electron chi connectivity index (χ3n) is 3.53. The second-order valence-electron chi connectivity index (χ2n) is 5.41. The molecular formula is C21H22O3. The quantitative estimate of drug-likeness (QED) is 0.319. The number of carbonyl (C=O) groups is 1. The van der Waals surface area contributed by atoms with Crippen LogP contribution < -0.4 is 0 Å². The molecule has 1 heterocycles. The van der Waals surface area contributed by atoms with Gasteiger partial charge < -0.3 is 9.15 Å². The summed E-state index contributed by atoms with van der Waals surface area (Å²) in [5.41, 5.74) is 1.17. The van der Waals surface area contributed by atoms with Gasteiger partial charge >= 0.3 is 5.97 Å². The van der Waals surface area contributed by atoms with E-state index in [0.717, 1.165) is 25.0 Å². The van der Waals surface area contributed by atoms with Gasteiger partial charge in [0.05, 0.1) is 11.8 Å². The van der Waals surface area contributed by atoms with Gasteiger partial charge in [-0.15, -0.1) is 0 Å². The minimum absolute atomic E-state index is 0.396. The van der Waals surface area contributed by atoms with Crippen molar-refractivity contribution >= 4 is 5.97 Å². The Morgan fingerprint density at radius 3 is 2.88 bits per heavy atom. The fourth-order valence-corrected chi connectivity index (χ4v) is 2.19. The van der Waals surface area contributed by atoms with Crippen molar-refractivity contribution in [3.63, 3.8) is 0 Å². The predicted molar refractivity (Wildman–Crippen MR) is 94.7 cm³/mol. The molecule has 0 amide bonds. The fourth-order valence-electron chi connectivity index (χ4n) is 2.19. The number of esters is 1. The van der Waals surface area contributed by atoms with Gasteiger partial charge in [-0.05, 0) is 30.7 Å². The van der Waals surface area contributed by atoms with Crippen LogP contribution in [0, 0.1) is 11.8 Å². The minimum atomic E-state index is -0.440. The fraction of sp³-hybridized carbons (Fsp3) is 0.286. The van der Waals surface area contributed by atoms with Crippen LogP contribution >= 0.6 is 0 Å². The van der Waals surface area contributed by atoms with Crippen LogP contribution in [-0.2, 0) is 11.2 Å². The predicted octanol–water partition coefficient (Wildman–Crippen LogP) is 4.78. The first-order chi connectivity index (χ1) is 11.7. The largest absolute Gasteiger partial charge is 0.469 e. The second-order valence-corrected chi connectivity index (χ2v) is 5.41. The molecule has 0 fully saturated rings. The van der Waals surface area contributed by atoms with Gasteiger partial charge in [0.15, 0.2) is 0 Å². The number of hydrogen-bond acceptors (Lipinski definition) is 3. The van der Waals surface area contributed by atoms with Gasteiger partial charge in [0.2, 0.25) is 0 Å². The highest BCUT2D eigenvalue weighted by atomic mass is 16.5. The van der Waals surface area contributed by atoms with Crippen molar-refractivity contribution in [3.8, 4) is 11.8 Å². The zero-order valence-corrected chi connectivity index (χ0v) is 14.0. The van der Waals surface area contributed by atoms with Crippen LogP contribution in [0.4, 0.5) is 0 Å². The first kappa shape index (κ1) is 17.6. The van der Waals surface area contributed by atoms with Crippen LogP contribution in [0.1, 0.15) is 47.9 Å². The Morgan fingerprint density at radius 2 is 2.17 bits per heavy atom. The van der Waals surface area contributed by atoms with Crippen molar-refractivity contribution in [1.29, 1.82) is 0 Å². The number of carbonyl (C=O) groups excluding carboxylic acids is 1. The van der Waals surface area contributed by atoms with Gasteiger partial charge in [0.1, 0.15) is 11.9 Å². The molecule has 1 aromatic carbocycles. The molecule has 1 atom stereocenters. The van der Waals surface area contributed by atoms with E-state index >= 15 is 0 Å². The second kappa shape index (κ2) is 9.42. The van der Waals surface area contributed by atoms with Crippen molar-refractivity contribution in [2.24, 2.45) is 0 Å². The highest BCUT2D eigenvalue weighted by molar-refractivity contribution is 5.92. The van der Waals surface area contributed by atoms with Crippen molar-refractivity contribution in [3.05, 3.63) is 72.2 Å². The SMILES string of the molecule is C=CC(Cc1ccco1)OC(=O)c1ccccc1C#CCCCC. The average molecular weight is 322 g/mol. The Bertz CT molecular complexity index is 717. The Morgan fingerprint density at radius 1 is 1.33 bits per heavy atom. The highest BCUT2D eigenvalue weighted by Crippen LogP contribution is 2.14. The smallest absolute Gasteiger partial charge is 0.340 e. The molecule has 2 rings (SSSR count). The number of furan rings is 1. The van der Waals surface area contributed by atoms with Gasteiger partial charge in [-0.3, -0.25) is 0 Å². The molecule has 0 N–H and O–H groups in total. The molecule has 0 aliphatic rings. The normalized spacial score (nSPS) is 11.2. The number of rotatable bonds is 7. The summed E-state index contributed by atoms with van der Waals surface area (Å²) in [7, 11) is 0. The molecule has 0 bridgehead atoms. The maximum atomic E-state index is 12.5. The zero-order valence-electron chi connectivity index (χ0n) is 14.0. The molecule has 1 aromatic heterocycles. The summed E-state index contributed by atoms with van der Waals surface area (Å²) in [5.74, 6) is 6.53. The Hall–Kier alpha value is -2.73. The molecule has 0 spiro atoms. The van der Waals surface area contributed by atoms with Gasteiger partial charge in [-0.25, -0.2) is 4.79 Å². The first-order valence-corrected chi connectivity index (χ1v) is 8.18. The lowest BCUT2D eigenvalue weighted by molar-refractivity contribution is 0.0388. The van der Waals surface area contributed by atoms with Crippen LogP contribution in [0.25, 0.3) is 0 Å². The van der Waals surface area contributed by atoms with E-state index in [-0.39, 0.29) is 0 Å².